The Hall–Kier alpha value is -9.43. The SMILES string of the molecule is NC(=O)c1ccc(Cl)c(=O)[nH]1.Nc1ccncn1.O=C1CCCC1.O=C1NC2(CCCC2)n2c1ccc(Cl)c2=O.O=C1NC2(CCCC2)n2c1ccc(Nc1ccncn1)c2=O.O=C1NC2(CCCC2)n2c1ccc(Nc1ccncn1)c2=O. The summed E-state index contributed by atoms with van der Waals surface area (Å²) >= 11 is 11.2. The second-order valence-corrected chi connectivity index (χ2v) is 21.4. The lowest BCUT2D eigenvalue weighted by Gasteiger charge is -2.26. The van der Waals surface area contributed by atoms with Crippen LogP contribution < -0.4 is 60.3 Å². The van der Waals surface area contributed by atoms with Gasteiger partial charge >= 0.3 is 0 Å². The molecule has 4 fully saturated rings. The number of nitrogens with two attached hydrogens (primary N) is 2. The number of anilines is 5. The molecule has 84 heavy (non-hydrogen) atoms. The van der Waals surface area contributed by atoms with Crippen molar-refractivity contribution < 1.29 is 24.0 Å². The fraction of sp³-hybridized carbons (Fsp3) is 0.339. The molecule has 436 valence electrons. The summed E-state index contributed by atoms with van der Waals surface area (Å²) < 4.78 is 4.78. The molecule has 28 heteroatoms. The first kappa shape index (κ1) is 59.2. The normalized spacial score (nSPS) is 17.2. The number of amides is 4. The number of nitrogens with one attached hydrogen (secondary N) is 6. The minimum absolute atomic E-state index is 0.0370. The second kappa shape index (κ2) is 25.8. The molecule has 4 amide bonds. The summed E-state index contributed by atoms with van der Waals surface area (Å²) in [4.78, 5) is 131. The number of aromatic amines is 1. The molecular weight excluding hydrogens is 1130 g/mol. The van der Waals surface area contributed by atoms with E-state index in [4.69, 9.17) is 34.7 Å². The van der Waals surface area contributed by atoms with Crippen molar-refractivity contribution in [3.05, 3.63) is 179 Å². The first-order valence-corrected chi connectivity index (χ1v) is 27.9. The highest BCUT2D eigenvalue weighted by Gasteiger charge is 2.48. The minimum Gasteiger partial charge on any atom is -0.384 e. The Balaban J connectivity index is 0.000000128. The van der Waals surface area contributed by atoms with Gasteiger partial charge < -0.3 is 43.0 Å². The fourth-order valence-electron chi connectivity index (χ4n) is 11.2. The largest absolute Gasteiger partial charge is 0.384 e. The molecule has 7 aliphatic rings. The number of aromatic nitrogens is 10. The van der Waals surface area contributed by atoms with Crippen LogP contribution in [-0.4, -0.2) is 78.0 Å². The van der Waals surface area contributed by atoms with E-state index in [1.165, 1.54) is 37.2 Å². The van der Waals surface area contributed by atoms with Crippen LogP contribution in [0.5, 0.6) is 0 Å². The summed E-state index contributed by atoms with van der Waals surface area (Å²) in [5.74, 6) is 0.857. The fourth-order valence-corrected chi connectivity index (χ4v) is 11.4. The maximum absolute atomic E-state index is 12.8. The van der Waals surface area contributed by atoms with E-state index in [-0.39, 0.29) is 50.1 Å². The Bertz CT molecular complexity index is 3700. The molecule has 0 aromatic carbocycles. The molecule has 0 bridgehead atoms. The lowest BCUT2D eigenvalue weighted by atomic mass is 10.1. The lowest BCUT2D eigenvalue weighted by Crippen LogP contribution is -2.45. The molecule has 0 saturated heterocycles. The predicted molar refractivity (Wildman–Crippen MR) is 310 cm³/mol. The molecule has 3 aliphatic heterocycles. The molecule has 7 aromatic rings. The topological polar surface area (TPSA) is 374 Å². The van der Waals surface area contributed by atoms with Crippen LogP contribution in [0.4, 0.5) is 28.8 Å². The van der Waals surface area contributed by atoms with Gasteiger partial charge in [-0.15, -0.1) is 0 Å². The highest BCUT2D eigenvalue weighted by atomic mass is 35.5. The van der Waals surface area contributed by atoms with Gasteiger partial charge in [0.1, 0.15) is 103 Å². The van der Waals surface area contributed by atoms with Crippen LogP contribution in [0.25, 0.3) is 0 Å². The number of ketones is 1. The van der Waals surface area contributed by atoms with E-state index in [0.29, 0.717) is 51.7 Å². The summed E-state index contributed by atoms with van der Waals surface area (Å²) in [7, 11) is 0. The van der Waals surface area contributed by atoms with Crippen LogP contribution in [0.15, 0.2) is 123 Å². The Morgan fingerprint density at radius 2 is 0.881 bits per heavy atom. The number of fused-ring (bicyclic) bond motifs is 6. The highest BCUT2D eigenvalue weighted by molar-refractivity contribution is 6.30. The molecule has 0 unspecified atom stereocenters. The van der Waals surface area contributed by atoms with E-state index in [2.05, 4.69) is 61.5 Å². The first-order valence-electron chi connectivity index (χ1n) is 27.1. The number of H-pyrrole nitrogens is 1. The van der Waals surface area contributed by atoms with Gasteiger partial charge in [0.05, 0.1) is 0 Å². The average Bonchev–Trinajstić information content (AvgIpc) is 1.98. The van der Waals surface area contributed by atoms with Crippen molar-refractivity contribution in [1.29, 1.82) is 0 Å². The minimum atomic E-state index is -0.682. The number of nitrogens with zero attached hydrogens (tertiary/aromatic N) is 9. The number of hydrogen-bond donors (Lipinski definition) is 8. The number of carbonyl (C=O) groups is 5. The van der Waals surface area contributed by atoms with Crippen molar-refractivity contribution in [2.24, 2.45) is 5.73 Å². The van der Waals surface area contributed by atoms with Crippen molar-refractivity contribution in [1.82, 2.24) is 64.5 Å². The zero-order chi connectivity index (χ0) is 59.6. The highest BCUT2D eigenvalue weighted by Crippen LogP contribution is 2.40. The Morgan fingerprint density at radius 3 is 1.21 bits per heavy atom. The maximum Gasteiger partial charge on any atom is 0.276 e. The van der Waals surface area contributed by atoms with Crippen LogP contribution in [0.2, 0.25) is 10.0 Å². The Kier molecular flexibility index (Phi) is 18.2. The average molecular weight is 1190 g/mol. The summed E-state index contributed by atoms with van der Waals surface area (Å²) in [6.07, 6.45) is 23.9. The second-order valence-electron chi connectivity index (χ2n) is 20.6. The number of carbonyl (C=O) groups excluding carboxylic acids is 5. The predicted octanol–water partition coefficient (Wildman–Crippen LogP) is 5.49. The smallest absolute Gasteiger partial charge is 0.276 e. The van der Waals surface area contributed by atoms with Crippen LogP contribution in [-0.2, 0) is 21.8 Å². The number of halogens is 2. The van der Waals surface area contributed by atoms with Gasteiger partial charge in [-0.1, -0.05) is 23.2 Å². The third-order valence-corrected chi connectivity index (χ3v) is 15.7. The molecule has 10 N–H and O–H groups in total. The molecule has 0 radical (unpaired) electrons. The van der Waals surface area contributed by atoms with Gasteiger partial charge in [-0.25, -0.2) is 29.9 Å². The van der Waals surface area contributed by atoms with Gasteiger partial charge in [-0.2, -0.15) is 0 Å². The summed E-state index contributed by atoms with van der Waals surface area (Å²) in [6.45, 7) is 0. The van der Waals surface area contributed by atoms with Gasteiger partial charge in [0.25, 0.3) is 45.9 Å². The molecule has 4 aliphatic carbocycles. The molecule has 7 aromatic heterocycles. The van der Waals surface area contributed by atoms with Crippen molar-refractivity contribution >= 4 is 81.4 Å². The lowest BCUT2D eigenvalue weighted by molar-refractivity contribution is -0.117. The molecule has 4 saturated carbocycles. The van der Waals surface area contributed by atoms with E-state index >= 15 is 0 Å². The Morgan fingerprint density at radius 1 is 0.488 bits per heavy atom. The third kappa shape index (κ3) is 12.9. The van der Waals surface area contributed by atoms with Crippen molar-refractivity contribution in [2.45, 2.75) is 120 Å². The van der Waals surface area contributed by atoms with E-state index in [9.17, 15) is 43.2 Å². The standard InChI is InChI=1S/2C15H15N5O2.C11H11ClN2O2.C6H5ClN2O2.C5H8O.C4H5N3/c2*21-13-11-4-3-10(18-12-5-8-16-9-17-12)14(22)20(11)15(19-13)6-1-2-7-15;12-7-3-4-8-9(15)13-11(5-1-2-6-11)14(8)10(7)16;7-3-1-2-4(5(8)10)9-6(3)11;6-5-3-1-2-4-5;5-4-1-2-6-3-7-4/h2*3-5,8-9H,1-2,6-7H2,(H,19,21)(H,16,17,18);3-4H,1-2,5-6H2,(H,13,15);1-2H,(H2,8,10)(H,9,11);1-4H2;1-3H,(H2,5,6,7). The van der Waals surface area contributed by atoms with Gasteiger partial charge in [0, 0.05) is 31.4 Å². The monoisotopic (exact) mass is 1180 g/mol. The number of nitrogen functional groups attached to an aromatic ring is 1. The first-order chi connectivity index (χ1) is 40.4. The molecule has 14 rings (SSSR count). The number of Topliss-reactive ketones (excluding diaryl/α,β-unsaturated/α-hetero) is 1. The van der Waals surface area contributed by atoms with Gasteiger partial charge in [-0.3, -0.25) is 56.9 Å². The van der Waals surface area contributed by atoms with E-state index in [1.807, 2.05) is 0 Å². The third-order valence-electron chi connectivity index (χ3n) is 15.1. The van der Waals surface area contributed by atoms with Crippen LogP contribution in [0, 0.1) is 0 Å². The molecule has 3 spiro atoms. The molecule has 0 atom stereocenters. The zero-order valence-corrected chi connectivity index (χ0v) is 46.8. The van der Waals surface area contributed by atoms with E-state index < -0.39 is 28.5 Å². The van der Waals surface area contributed by atoms with E-state index in [1.54, 1.807) is 80.8 Å². The summed E-state index contributed by atoms with van der Waals surface area (Å²) in [6, 6.07) is 17.4. The number of rotatable bonds is 5. The Labute approximate surface area is 488 Å². The molecular formula is C56H59Cl2N17O9. The number of hydrogen-bond acceptors (Lipinski definition) is 18. The number of primary amides is 1. The van der Waals surface area contributed by atoms with Crippen LogP contribution in [0.3, 0.4) is 0 Å². The molecule has 10 heterocycles. The van der Waals surface area contributed by atoms with Crippen molar-refractivity contribution in [3.8, 4) is 0 Å². The zero-order valence-electron chi connectivity index (χ0n) is 45.2. The van der Waals surface area contributed by atoms with Crippen molar-refractivity contribution in [2.75, 3.05) is 16.4 Å². The van der Waals surface area contributed by atoms with Crippen molar-refractivity contribution in [3.63, 3.8) is 0 Å². The summed E-state index contributed by atoms with van der Waals surface area (Å²) in [5, 5.41) is 15.1. The number of pyridine rings is 4. The maximum atomic E-state index is 12.8. The van der Waals surface area contributed by atoms with Crippen LogP contribution in [0.1, 0.15) is 145 Å². The van der Waals surface area contributed by atoms with Gasteiger partial charge in [-0.05, 0) is 157 Å². The quantitative estimate of drug-likeness (QED) is 0.106. The van der Waals surface area contributed by atoms with E-state index in [0.717, 1.165) is 103 Å². The van der Waals surface area contributed by atoms with Gasteiger partial charge in [0.2, 0.25) is 0 Å². The van der Waals surface area contributed by atoms with Crippen LogP contribution >= 0.6 is 23.2 Å². The molecule has 26 nitrogen and oxygen atoms in total. The summed E-state index contributed by atoms with van der Waals surface area (Å²) in [5.41, 5.74) is 9.47. The van der Waals surface area contributed by atoms with Gasteiger partial charge in [0.15, 0.2) is 0 Å².